The maximum Gasteiger partial charge on any atom is 0.194 e. The van der Waals surface area contributed by atoms with Gasteiger partial charge in [0.25, 0.3) is 0 Å². The number of benzene rings is 2. The number of nitrogens with zero attached hydrogens (tertiary/aromatic N) is 3. The van der Waals surface area contributed by atoms with Crippen LogP contribution in [0.4, 0.5) is 0 Å². The number of carbonyl (C=O) groups excluding carboxylic acids is 1. The van der Waals surface area contributed by atoms with Gasteiger partial charge in [-0.1, -0.05) is 31.2 Å². The lowest BCUT2D eigenvalue weighted by molar-refractivity contribution is -0.121. The lowest BCUT2D eigenvalue weighted by Gasteiger charge is -2.10. The third kappa shape index (κ3) is 3.38. The van der Waals surface area contributed by atoms with Crippen LogP contribution >= 0.6 is 0 Å². The molecule has 0 N–H and O–H groups in total. The van der Waals surface area contributed by atoms with Crippen molar-refractivity contribution in [3.8, 4) is 11.8 Å². The Balaban J connectivity index is 1.76. The first-order chi connectivity index (χ1) is 12.1. The highest BCUT2D eigenvalue weighted by Gasteiger charge is 2.26. The third-order valence-corrected chi connectivity index (χ3v) is 4.24. The summed E-state index contributed by atoms with van der Waals surface area (Å²) in [7, 11) is 1.81. The normalized spacial score (nSPS) is 11.9. The summed E-state index contributed by atoms with van der Waals surface area (Å²) in [6.07, 6.45) is 0.947. The number of hydrogen-bond acceptors (Lipinski definition) is 4. The number of nitriles is 1. The fraction of sp³-hybridized carbons (Fsp3) is 0.250. The molecular weight excluding hydrogens is 314 g/mol. The molecule has 5 heteroatoms. The van der Waals surface area contributed by atoms with Crippen LogP contribution in [-0.4, -0.2) is 21.9 Å². The summed E-state index contributed by atoms with van der Waals surface area (Å²) >= 11 is 0. The molecule has 0 saturated heterocycles. The van der Waals surface area contributed by atoms with Gasteiger partial charge in [-0.05, 0) is 36.2 Å². The summed E-state index contributed by atoms with van der Waals surface area (Å²) in [6.45, 7) is 1.92. The van der Waals surface area contributed by atoms with Crippen LogP contribution in [0.2, 0.25) is 0 Å². The molecule has 0 aliphatic carbocycles. The first-order valence-corrected chi connectivity index (χ1v) is 8.19. The molecule has 0 aliphatic rings. The van der Waals surface area contributed by atoms with Gasteiger partial charge in [-0.3, -0.25) is 4.79 Å². The Morgan fingerprint density at radius 2 is 1.96 bits per heavy atom. The second-order valence-electron chi connectivity index (χ2n) is 5.83. The molecule has 0 saturated carbocycles. The predicted octanol–water partition coefficient (Wildman–Crippen LogP) is 3.39. The van der Waals surface area contributed by atoms with E-state index in [4.69, 9.17) is 4.74 Å². The highest BCUT2D eigenvalue weighted by atomic mass is 16.5. The van der Waals surface area contributed by atoms with Crippen LogP contribution in [0, 0.1) is 11.3 Å². The lowest BCUT2D eigenvalue weighted by Crippen LogP contribution is -2.21. The molecule has 25 heavy (non-hydrogen) atoms. The number of carbonyl (C=O) groups is 1. The van der Waals surface area contributed by atoms with Gasteiger partial charge >= 0.3 is 0 Å². The number of fused-ring (bicyclic) bond motifs is 1. The van der Waals surface area contributed by atoms with Crippen LogP contribution in [0.5, 0.6) is 5.75 Å². The van der Waals surface area contributed by atoms with Crippen LogP contribution in [0.3, 0.4) is 0 Å². The average Bonchev–Trinajstić information content (AvgIpc) is 2.98. The molecule has 1 atom stereocenters. The summed E-state index contributed by atoms with van der Waals surface area (Å²) in [6, 6.07) is 17.2. The number of aromatic nitrogens is 2. The summed E-state index contributed by atoms with van der Waals surface area (Å²) in [4.78, 5) is 16.9. The molecule has 0 unspecified atom stereocenters. The molecule has 1 aromatic heterocycles. The van der Waals surface area contributed by atoms with Crippen molar-refractivity contribution < 1.29 is 9.53 Å². The van der Waals surface area contributed by atoms with Gasteiger partial charge in [-0.15, -0.1) is 0 Å². The van der Waals surface area contributed by atoms with Crippen LogP contribution in [-0.2, 0) is 18.3 Å². The monoisotopic (exact) mass is 333 g/mol. The number of aryl methyl sites for hydroxylation is 2. The minimum Gasteiger partial charge on any atom is -0.486 e. The van der Waals surface area contributed by atoms with Gasteiger partial charge in [0.1, 0.15) is 18.2 Å². The first-order valence-electron chi connectivity index (χ1n) is 8.19. The number of imidazole rings is 1. The molecule has 0 radical (unpaired) electrons. The number of Topliss-reactive ketones (excluding diaryl/α,β-unsaturated/α-hetero) is 1. The Hall–Kier alpha value is -3.13. The Labute approximate surface area is 146 Å². The van der Waals surface area contributed by atoms with E-state index in [0.29, 0.717) is 11.6 Å². The minimum atomic E-state index is -0.952. The molecule has 3 rings (SSSR count). The molecule has 0 fully saturated rings. The van der Waals surface area contributed by atoms with Gasteiger partial charge in [0.15, 0.2) is 11.7 Å². The van der Waals surface area contributed by atoms with Crippen molar-refractivity contribution in [3.63, 3.8) is 0 Å². The quantitative estimate of drug-likeness (QED) is 0.693. The molecule has 126 valence electrons. The summed E-state index contributed by atoms with van der Waals surface area (Å²) in [5, 5.41) is 9.49. The Morgan fingerprint density at radius 3 is 2.60 bits per heavy atom. The number of ether oxygens (including phenoxy) is 1. The van der Waals surface area contributed by atoms with Gasteiger partial charge in [-0.2, -0.15) is 5.26 Å². The SMILES string of the molecule is CCc1ccc(OCC(=O)[C@@H](C#N)c2nc3ccccc3n2C)cc1. The highest BCUT2D eigenvalue weighted by Crippen LogP contribution is 2.22. The molecular formula is C20H19N3O2. The number of hydrogen-bond donors (Lipinski definition) is 0. The third-order valence-electron chi connectivity index (χ3n) is 4.24. The zero-order valence-electron chi connectivity index (χ0n) is 14.3. The number of rotatable bonds is 6. The van der Waals surface area contributed by atoms with E-state index in [1.165, 1.54) is 5.56 Å². The van der Waals surface area contributed by atoms with Crippen LogP contribution < -0.4 is 4.74 Å². The summed E-state index contributed by atoms with van der Waals surface area (Å²) in [5.41, 5.74) is 2.86. The van der Waals surface area contributed by atoms with Crippen molar-refractivity contribution in [2.75, 3.05) is 6.61 Å². The number of ketones is 1. The van der Waals surface area contributed by atoms with Gasteiger partial charge in [0.2, 0.25) is 0 Å². The van der Waals surface area contributed by atoms with Crippen molar-refractivity contribution >= 4 is 16.8 Å². The van der Waals surface area contributed by atoms with Gasteiger partial charge in [0, 0.05) is 7.05 Å². The predicted molar refractivity (Wildman–Crippen MR) is 95.4 cm³/mol. The Kier molecular flexibility index (Phi) is 4.80. The number of para-hydroxylation sites is 2. The van der Waals surface area contributed by atoms with Crippen LogP contribution in [0.1, 0.15) is 24.2 Å². The fourth-order valence-corrected chi connectivity index (χ4v) is 2.76. The minimum absolute atomic E-state index is 0.160. The van der Waals surface area contributed by atoms with Gasteiger partial charge in [-0.25, -0.2) is 4.98 Å². The Bertz CT molecular complexity index is 936. The molecule has 0 spiro atoms. The second-order valence-corrected chi connectivity index (χ2v) is 5.83. The average molecular weight is 333 g/mol. The lowest BCUT2D eigenvalue weighted by atomic mass is 10.1. The van der Waals surface area contributed by atoms with E-state index < -0.39 is 5.92 Å². The molecule has 1 heterocycles. The smallest absolute Gasteiger partial charge is 0.194 e. The van der Waals surface area contributed by atoms with E-state index in [0.717, 1.165) is 17.5 Å². The van der Waals surface area contributed by atoms with E-state index in [1.807, 2.05) is 55.6 Å². The molecule has 0 amide bonds. The van der Waals surface area contributed by atoms with Crippen molar-refractivity contribution in [2.24, 2.45) is 7.05 Å². The summed E-state index contributed by atoms with van der Waals surface area (Å²) < 4.78 is 7.34. The highest BCUT2D eigenvalue weighted by molar-refractivity contribution is 5.90. The molecule has 5 nitrogen and oxygen atoms in total. The van der Waals surface area contributed by atoms with E-state index >= 15 is 0 Å². The van der Waals surface area contributed by atoms with Crippen LogP contribution in [0.25, 0.3) is 11.0 Å². The zero-order valence-corrected chi connectivity index (χ0v) is 14.3. The maximum absolute atomic E-state index is 12.5. The van der Waals surface area contributed by atoms with Crippen molar-refractivity contribution in [1.82, 2.24) is 9.55 Å². The molecule has 2 aromatic carbocycles. The van der Waals surface area contributed by atoms with E-state index in [9.17, 15) is 10.1 Å². The van der Waals surface area contributed by atoms with E-state index in [2.05, 4.69) is 18.0 Å². The topological polar surface area (TPSA) is 67.9 Å². The molecule has 0 bridgehead atoms. The standard InChI is InChI=1S/C20H19N3O2/c1-3-14-8-10-15(11-9-14)25-13-19(24)16(12-21)20-22-17-6-4-5-7-18(17)23(20)2/h4-11,16H,3,13H2,1-2H3/t16-/m1/s1. The summed E-state index contributed by atoms with van der Waals surface area (Å²) in [5.74, 6) is -0.196. The largest absolute Gasteiger partial charge is 0.486 e. The van der Waals surface area contributed by atoms with Gasteiger partial charge in [0.05, 0.1) is 17.1 Å². The second kappa shape index (κ2) is 7.18. The van der Waals surface area contributed by atoms with Crippen molar-refractivity contribution in [1.29, 1.82) is 5.26 Å². The Morgan fingerprint density at radius 1 is 1.24 bits per heavy atom. The zero-order chi connectivity index (χ0) is 17.8. The van der Waals surface area contributed by atoms with E-state index in [1.54, 1.807) is 4.57 Å². The molecule has 3 aromatic rings. The van der Waals surface area contributed by atoms with Crippen molar-refractivity contribution in [3.05, 3.63) is 59.9 Å². The van der Waals surface area contributed by atoms with Crippen LogP contribution in [0.15, 0.2) is 48.5 Å². The van der Waals surface area contributed by atoms with Gasteiger partial charge < -0.3 is 9.30 Å². The fourth-order valence-electron chi connectivity index (χ4n) is 2.76. The molecule has 0 aliphatic heterocycles. The van der Waals surface area contributed by atoms with Crippen molar-refractivity contribution in [2.45, 2.75) is 19.3 Å². The first kappa shape index (κ1) is 16.7. The van der Waals surface area contributed by atoms with E-state index in [-0.39, 0.29) is 12.4 Å². The maximum atomic E-state index is 12.5.